The van der Waals surface area contributed by atoms with Crippen LogP contribution in [0, 0.1) is 10.1 Å². The van der Waals surface area contributed by atoms with Gasteiger partial charge in [0.1, 0.15) is 0 Å². The molecule has 1 N–H and O–H groups in total. The van der Waals surface area contributed by atoms with E-state index in [9.17, 15) is 14.9 Å². The second-order valence-corrected chi connectivity index (χ2v) is 6.51. The topological polar surface area (TPSA) is 87.8 Å². The summed E-state index contributed by atoms with van der Waals surface area (Å²) >= 11 is 0. The molecule has 146 valence electrons. The first-order valence-corrected chi connectivity index (χ1v) is 8.91. The molecule has 0 aliphatic rings. The standard InChI is InChI=1S/C22H20N4O3/c1-25(2)19-12-8-17(9-13-19)21(16-6-4-3-5-7-16)23-24-22(27)18-10-14-20(15-11-18)26(28)29/h3-15H,1-2H3,(H,24,27)/b23-21+. The van der Waals surface area contributed by atoms with Crippen LogP contribution in [0.5, 0.6) is 0 Å². The Kier molecular flexibility index (Phi) is 5.99. The summed E-state index contributed by atoms with van der Waals surface area (Å²) in [6.45, 7) is 0. The van der Waals surface area contributed by atoms with Crippen LogP contribution in [0.25, 0.3) is 0 Å². The molecule has 3 rings (SSSR count). The molecule has 0 aliphatic heterocycles. The SMILES string of the molecule is CN(C)c1ccc(/C(=N/NC(=O)c2ccc([N+](=O)[O-])cc2)c2ccccc2)cc1. The van der Waals surface area contributed by atoms with Crippen molar-refractivity contribution in [2.75, 3.05) is 19.0 Å². The number of rotatable bonds is 6. The van der Waals surface area contributed by atoms with E-state index in [-0.39, 0.29) is 11.3 Å². The lowest BCUT2D eigenvalue weighted by Gasteiger charge is -2.13. The van der Waals surface area contributed by atoms with Crippen LogP contribution in [0.15, 0.2) is 84.0 Å². The molecule has 0 heterocycles. The molecule has 0 atom stereocenters. The highest BCUT2D eigenvalue weighted by molar-refractivity contribution is 6.13. The Balaban J connectivity index is 1.88. The Morgan fingerprint density at radius 3 is 1.97 bits per heavy atom. The minimum absolute atomic E-state index is 0.0731. The zero-order chi connectivity index (χ0) is 20.8. The lowest BCUT2D eigenvalue weighted by molar-refractivity contribution is -0.384. The van der Waals surface area contributed by atoms with Gasteiger partial charge in [-0.3, -0.25) is 14.9 Å². The minimum atomic E-state index is -0.509. The van der Waals surface area contributed by atoms with E-state index in [0.717, 1.165) is 16.8 Å². The molecule has 7 nitrogen and oxygen atoms in total. The highest BCUT2D eigenvalue weighted by Gasteiger charge is 2.11. The van der Waals surface area contributed by atoms with Gasteiger partial charge in [0.2, 0.25) is 0 Å². The maximum Gasteiger partial charge on any atom is 0.271 e. The van der Waals surface area contributed by atoms with Gasteiger partial charge in [-0.25, -0.2) is 5.43 Å². The van der Waals surface area contributed by atoms with Crippen molar-refractivity contribution in [2.45, 2.75) is 0 Å². The molecule has 7 heteroatoms. The fourth-order valence-corrected chi connectivity index (χ4v) is 2.71. The number of hydrazone groups is 1. The van der Waals surface area contributed by atoms with Gasteiger partial charge in [-0.2, -0.15) is 5.10 Å². The third-order valence-electron chi connectivity index (χ3n) is 4.31. The van der Waals surface area contributed by atoms with Gasteiger partial charge in [0.15, 0.2) is 0 Å². The van der Waals surface area contributed by atoms with Gasteiger partial charge < -0.3 is 4.90 Å². The average Bonchev–Trinajstić information content (AvgIpc) is 2.75. The van der Waals surface area contributed by atoms with Crippen molar-refractivity contribution >= 4 is 23.0 Å². The fraction of sp³-hybridized carbons (Fsp3) is 0.0909. The van der Waals surface area contributed by atoms with E-state index in [1.54, 1.807) is 0 Å². The van der Waals surface area contributed by atoms with Crippen molar-refractivity contribution in [3.8, 4) is 0 Å². The molecule has 0 fully saturated rings. The second kappa shape index (κ2) is 8.79. The maximum atomic E-state index is 12.4. The molecule has 0 bridgehead atoms. The molecule has 0 spiro atoms. The molecule has 0 unspecified atom stereocenters. The maximum absolute atomic E-state index is 12.4. The molecule has 3 aromatic carbocycles. The number of hydrogen-bond donors (Lipinski definition) is 1. The van der Waals surface area contributed by atoms with E-state index in [1.165, 1.54) is 24.3 Å². The summed E-state index contributed by atoms with van der Waals surface area (Å²) in [7, 11) is 3.93. The zero-order valence-electron chi connectivity index (χ0n) is 16.1. The third kappa shape index (κ3) is 4.84. The summed E-state index contributed by atoms with van der Waals surface area (Å²) in [4.78, 5) is 24.7. The molecule has 29 heavy (non-hydrogen) atoms. The lowest BCUT2D eigenvalue weighted by Crippen LogP contribution is -2.20. The summed E-state index contributed by atoms with van der Waals surface area (Å²) in [6.07, 6.45) is 0. The number of carbonyl (C=O) groups is 1. The summed E-state index contributed by atoms with van der Waals surface area (Å²) < 4.78 is 0. The highest BCUT2D eigenvalue weighted by atomic mass is 16.6. The predicted octanol–water partition coefficient (Wildman–Crippen LogP) is 3.84. The van der Waals surface area contributed by atoms with E-state index < -0.39 is 10.8 Å². The zero-order valence-corrected chi connectivity index (χ0v) is 16.1. The summed E-state index contributed by atoms with van der Waals surface area (Å²) in [6, 6.07) is 22.8. The Morgan fingerprint density at radius 2 is 1.41 bits per heavy atom. The van der Waals surface area contributed by atoms with E-state index in [0.29, 0.717) is 5.71 Å². The number of benzene rings is 3. The number of anilines is 1. The van der Waals surface area contributed by atoms with Crippen molar-refractivity contribution in [1.82, 2.24) is 5.43 Å². The van der Waals surface area contributed by atoms with Crippen LogP contribution in [0.2, 0.25) is 0 Å². The lowest BCUT2D eigenvalue weighted by atomic mass is 10.0. The molecular formula is C22H20N4O3. The van der Waals surface area contributed by atoms with Crippen LogP contribution < -0.4 is 10.3 Å². The van der Waals surface area contributed by atoms with E-state index in [1.807, 2.05) is 73.6 Å². The molecule has 0 saturated heterocycles. The summed E-state index contributed by atoms with van der Waals surface area (Å²) in [5.74, 6) is -0.446. The Labute approximate surface area is 168 Å². The second-order valence-electron chi connectivity index (χ2n) is 6.51. The third-order valence-corrected chi connectivity index (χ3v) is 4.31. The van der Waals surface area contributed by atoms with Crippen LogP contribution >= 0.6 is 0 Å². The number of amides is 1. The van der Waals surface area contributed by atoms with Crippen molar-refractivity contribution in [1.29, 1.82) is 0 Å². The number of nitrogens with one attached hydrogen (secondary N) is 1. The van der Waals surface area contributed by atoms with Crippen molar-refractivity contribution in [3.05, 3.63) is 106 Å². The Hall–Kier alpha value is -4.00. The van der Waals surface area contributed by atoms with Gasteiger partial charge in [0.05, 0.1) is 10.6 Å². The summed E-state index contributed by atoms with van der Waals surface area (Å²) in [5.41, 5.74) is 6.14. The van der Waals surface area contributed by atoms with Crippen molar-refractivity contribution < 1.29 is 9.72 Å². The van der Waals surface area contributed by atoms with Crippen LogP contribution in [0.4, 0.5) is 11.4 Å². The van der Waals surface area contributed by atoms with E-state index in [4.69, 9.17) is 0 Å². The van der Waals surface area contributed by atoms with Gasteiger partial charge in [-0.05, 0) is 24.3 Å². The van der Waals surface area contributed by atoms with Gasteiger partial charge in [-0.15, -0.1) is 0 Å². The minimum Gasteiger partial charge on any atom is -0.378 e. The van der Waals surface area contributed by atoms with Gasteiger partial charge in [-0.1, -0.05) is 42.5 Å². The largest absolute Gasteiger partial charge is 0.378 e. The molecule has 0 saturated carbocycles. The molecule has 0 aliphatic carbocycles. The molecular weight excluding hydrogens is 368 g/mol. The normalized spacial score (nSPS) is 11.0. The van der Waals surface area contributed by atoms with E-state index in [2.05, 4.69) is 10.5 Å². The number of hydrogen-bond acceptors (Lipinski definition) is 5. The van der Waals surface area contributed by atoms with E-state index >= 15 is 0 Å². The number of nitro benzene ring substituents is 1. The fourth-order valence-electron chi connectivity index (χ4n) is 2.71. The Bertz CT molecular complexity index is 1030. The van der Waals surface area contributed by atoms with Crippen LogP contribution in [0.1, 0.15) is 21.5 Å². The first-order valence-electron chi connectivity index (χ1n) is 8.91. The van der Waals surface area contributed by atoms with Gasteiger partial charge in [0, 0.05) is 48.6 Å². The number of nitrogens with zero attached hydrogens (tertiary/aromatic N) is 3. The Morgan fingerprint density at radius 1 is 0.862 bits per heavy atom. The van der Waals surface area contributed by atoms with Crippen LogP contribution in [0.3, 0.4) is 0 Å². The number of nitro groups is 1. The smallest absolute Gasteiger partial charge is 0.271 e. The molecule has 0 aromatic heterocycles. The molecule has 1 amide bonds. The van der Waals surface area contributed by atoms with Gasteiger partial charge in [0.25, 0.3) is 11.6 Å². The predicted molar refractivity (Wildman–Crippen MR) is 113 cm³/mol. The van der Waals surface area contributed by atoms with Crippen molar-refractivity contribution in [2.24, 2.45) is 5.10 Å². The quantitative estimate of drug-likeness (QED) is 0.395. The monoisotopic (exact) mass is 388 g/mol. The molecule has 3 aromatic rings. The first-order chi connectivity index (χ1) is 14.0. The van der Waals surface area contributed by atoms with Crippen LogP contribution in [-0.2, 0) is 0 Å². The van der Waals surface area contributed by atoms with Crippen LogP contribution in [-0.4, -0.2) is 30.6 Å². The number of carbonyl (C=O) groups excluding carboxylic acids is 1. The average molecular weight is 388 g/mol. The highest BCUT2D eigenvalue weighted by Crippen LogP contribution is 2.17. The number of non-ortho nitro benzene ring substituents is 1. The van der Waals surface area contributed by atoms with Crippen molar-refractivity contribution in [3.63, 3.8) is 0 Å². The van der Waals surface area contributed by atoms with Gasteiger partial charge >= 0.3 is 0 Å². The molecule has 0 radical (unpaired) electrons. The summed E-state index contributed by atoms with van der Waals surface area (Å²) in [5, 5.41) is 15.1. The first kappa shape index (κ1) is 19.8.